The zero-order valence-corrected chi connectivity index (χ0v) is 54.4. The molecule has 468 valence electrons. The number of carbonyl (C=O) groups excluding carboxylic acids is 2. The van der Waals surface area contributed by atoms with Crippen LogP contribution >= 0.6 is 7.82 Å². The van der Waals surface area contributed by atoms with Crippen LogP contribution in [-0.2, 0) is 27.9 Å². The lowest BCUT2D eigenvalue weighted by molar-refractivity contribution is -0.870. The van der Waals surface area contributed by atoms with Gasteiger partial charge in [-0.05, 0) is 115 Å². The van der Waals surface area contributed by atoms with Crippen LogP contribution < -0.4 is 10.2 Å². The topological polar surface area (TPSA) is 114 Å². The molecule has 0 fully saturated rings. The molecular weight excluding hydrogens is 1020 g/mol. The van der Waals surface area contributed by atoms with E-state index in [1.807, 2.05) is 33.3 Å². The van der Waals surface area contributed by atoms with E-state index in [0.717, 1.165) is 122 Å². The first kappa shape index (κ1) is 77.9. The van der Waals surface area contributed by atoms with Crippen molar-refractivity contribution >= 4 is 19.7 Å². The van der Waals surface area contributed by atoms with Crippen molar-refractivity contribution in [2.24, 2.45) is 0 Å². The number of phosphoric acid groups is 1. The van der Waals surface area contributed by atoms with Crippen molar-refractivity contribution < 1.29 is 37.3 Å². The van der Waals surface area contributed by atoms with E-state index < -0.39 is 26.6 Å². The second-order valence-corrected chi connectivity index (χ2v) is 25.0. The summed E-state index contributed by atoms with van der Waals surface area (Å²) in [5, 5.41) is 3.03. The van der Waals surface area contributed by atoms with Crippen LogP contribution in [0.15, 0.2) is 97.2 Å². The number of nitrogens with zero attached hydrogens (tertiary/aromatic N) is 1. The first-order chi connectivity index (χ1) is 39.4. The number of phosphoric ester groups is 1. The van der Waals surface area contributed by atoms with Crippen molar-refractivity contribution in [1.29, 1.82) is 0 Å². The Labute approximate surface area is 500 Å². The smallest absolute Gasteiger partial charge is 0.306 e. The minimum absolute atomic E-state index is 0.0300. The van der Waals surface area contributed by atoms with Gasteiger partial charge in [-0.3, -0.25) is 14.2 Å². The summed E-state index contributed by atoms with van der Waals surface area (Å²) in [6.07, 6.45) is 80.9. The van der Waals surface area contributed by atoms with Gasteiger partial charge in [0.2, 0.25) is 5.91 Å². The lowest BCUT2D eigenvalue weighted by atomic mass is 10.0. The predicted molar refractivity (Wildman–Crippen MR) is 348 cm³/mol. The molecule has 0 rings (SSSR count). The number of hydrogen-bond donors (Lipinski definition) is 1. The van der Waals surface area contributed by atoms with E-state index in [9.17, 15) is 19.0 Å². The van der Waals surface area contributed by atoms with Crippen LogP contribution in [0.3, 0.4) is 0 Å². The van der Waals surface area contributed by atoms with Gasteiger partial charge in [-0.1, -0.05) is 260 Å². The summed E-state index contributed by atoms with van der Waals surface area (Å²) in [5.74, 6) is -0.563. The first-order valence-corrected chi connectivity index (χ1v) is 35.0. The minimum Gasteiger partial charge on any atom is -0.756 e. The maximum atomic E-state index is 13.6. The molecule has 0 heterocycles. The zero-order chi connectivity index (χ0) is 59.3. The lowest BCUT2D eigenvalue weighted by Crippen LogP contribution is -2.47. The third-order valence-electron chi connectivity index (χ3n) is 14.5. The number of allylic oxidation sites excluding steroid dienone is 15. The molecule has 1 amide bonds. The standard InChI is InChI=1S/C71H127N2O7P/c1-7-10-13-16-19-22-25-27-29-31-33-34-35-36-37-38-40-41-43-45-48-51-54-57-60-63-70(74)72-68(67-79-81(76,77)78-66-65-73(4,5)6)69(62-59-56-53-50-47-24-21-18-15-12-9-3)80-71(75)64-61-58-55-52-49-46-44-42-39-32-30-28-26-23-20-17-14-11-8-2/h19-20,22-23,27-30,33-34,36-37,39,42,59,62,68-69H,7-18,21,24-26,31-32,35,38,40-41,43-58,60-61,63-67H2,1-6H3,(H-,72,74,76,77)/b22-19-,23-20-,29-27-,30-28-,34-33-,37-36-,42-39-,62-59-. The van der Waals surface area contributed by atoms with Crippen LogP contribution in [0.25, 0.3) is 0 Å². The second-order valence-electron chi connectivity index (χ2n) is 23.6. The Morgan fingerprint density at radius 3 is 1.15 bits per heavy atom. The predicted octanol–water partition coefficient (Wildman–Crippen LogP) is 20.5. The van der Waals surface area contributed by atoms with Gasteiger partial charge in [0, 0.05) is 12.8 Å². The van der Waals surface area contributed by atoms with Crippen molar-refractivity contribution in [2.45, 2.75) is 303 Å². The largest absolute Gasteiger partial charge is 0.756 e. The summed E-state index contributed by atoms with van der Waals surface area (Å²) in [6.45, 7) is 6.77. The Morgan fingerprint density at radius 2 is 0.753 bits per heavy atom. The van der Waals surface area contributed by atoms with Crippen molar-refractivity contribution in [3.05, 3.63) is 97.2 Å². The Kier molecular flexibility index (Phi) is 57.8. The van der Waals surface area contributed by atoms with E-state index in [0.29, 0.717) is 23.9 Å². The molecule has 0 bridgehead atoms. The first-order valence-electron chi connectivity index (χ1n) is 33.5. The Morgan fingerprint density at radius 1 is 0.432 bits per heavy atom. The third kappa shape index (κ3) is 61.3. The number of esters is 1. The maximum Gasteiger partial charge on any atom is 0.306 e. The van der Waals surface area contributed by atoms with E-state index in [1.54, 1.807) is 0 Å². The molecule has 0 saturated carbocycles. The van der Waals surface area contributed by atoms with E-state index in [-0.39, 0.29) is 24.9 Å². The highest BCUT2D eigenvalue weighted by Gasteiger charge is 2.27. The van der Waals surface area contributed by atoms with Gasteiger partial charge in [0.15, 0.2) is 0 Å². The number of rotatable bonds is 60. The fourth-order valence-electron chi connectivity index (χ4n) is 9.28. The van der Waals surface area contributed by atoms with Gasteiger partial charge in [-0.25, -0.2) is 0 Å². The molecule has 0 spiro atoms. The maximum absolute atomic E-state index is 13.6. The number of amides is 1. The molecule has 3 unspecified atom stereocenters. The normalized spacial score (nSPS) is 14.2. The SMILES string of the molecule is CCCCC/C=C\C/C=C\C/C=C\C/C=C\CCCCCCCCCCCC(=O)NC(COP(=O)([O-])OCC[N+](C)(C)C)C(/C=C\CCCCCCCCCCC)OC(=O)CCCCCCCC/C=C\C/C=C\C/C=C\CCCCC. The molecule has 81 heavy (non-hydrogen) atoms. The molecule has 0 aliphatic carbocycles. The molecular formula is C71H127N2O7P. The van der Waals surface area contributed by atoms with Gasteiger partial charge in [0.25, 0.3) is 7.82 Å². The van der Waals surface area contributed by atoms with E-state index in [4.69, 9.17) is 13.8 Å². The highest BCUT2D eigenvalue weighted by atomic mass is 31.2. The summed E-state index contributed by atoms with van der Waals surface area (Å²) in [7, 11) is 1.16. The van der Waals surface area contributed by atoms with Gasteiger partial charge in [-0.15, -0.1) is 0 Å². The number of ether oxygens (including phenoxy) is 1. The van der Waals surface area contributed by atoms with Crippen molar-refractivity contribution in [3.8, 4) is 0 Å². The monoisotopic (exact) mass is 1150 g/mol. The van der Waals surface area contributed by atoms with Crippen molar-refractivity contribution in [2.75, 3.05) is 40.9 Å². The number of carbonyl (C=O) groups is 2. The number of hydrogen-bond acceptors (Lipinski definition) is 7. The van der Waals surface area contributed by atoms with Crippen LogP contribution in [0.1, 0.15) is 290 Å². The molecule has 0 aliphatic heterocycles. The van der Waals surface area contributed by atoms with E-state index >= 15 is 0 Å². The van der Waals surface area contributed by atoms with Gasteiger partial charge >= 0.3 is 5.97 Å². The van der Waals surface area contributed by atoms with Gasteiger partial charge in [0.05, 0.1) is 33.8 Å². The lowest BCUT2D eigenvalue weighted by Gasteiger charge is -2.30. The summed E-state index contributed by atoms with van der Waals surface area (Å²) >= 11 is 0. The second kappa shape index (κ2) is 60.1. The highest BCUT2D eigenvalue weighted by Crippen LogP contribution is 2.38. The molecule has 0 saturated heterocycles. The fourth-order valence-corrected chi connectivity index (χ4v) is 10.0. The number of nitrogens with one attached hydrogen (secondary N) is 1. The molecule has 0 aromatic carbocycles. The zero-order valence-electron chi connectivity index (χ0n) is 53.5. The summed E-state index contributed by atoms with van der Waals surface area (Å²) in [4.78, 5) is 40.1. The Balaban J connectivity index is 5.14. The molecule has 0 aliphatic rings. The van der Waals surface area contributed by atoms with Crippen molar-refractivity contribution in [1.82, 2.24) is 5.32 Å². The van der Waals surface area contributed by atoms with Gasteiger partial charge in [0.1, 0.15) is 19.3 Å². The van der Waals surface area contributed by atoms with Crippen molar-refractivity contribution in [3.63, 3.8) is 0 Å². The van der Waals surface area contributed by atoms with Gasteiger partial charge < -0.3 is 28.5 Å². The van der Waals surface area contributed by atoms with Gasteiger partial charge in [-0.2, -0.15) is 0 Å². The molecule has 0 radical (unpaired) electrons. The average molecular weight is 1150 g/mol. The van der Waals surface area contributed by atoms with Crippen LogP contribution in [0.2, 0.25) is 0 Å². The Bertz CT molecular complexity index is 1710. The third-order valence-corrected chi connectivity index (χ3v) is 15.5. The van der Waals surface area contributed by atoms with Crippen LogP contribution in [-0.4, -0.2) is 69.4 Å². The average Bonchev–Trinajstić information content (AvgIpc) is 3.44. The number of likely N-dealkylation sites (N-methyl/N-ethyl adjacent to an activating group) is 1. The minimum atomic E-state index is -4.71. The quantitative estimate of drug-likeness (QED) is 0.0212. The number of quaternary nitrogens is 1. The Hall–Kier alpha value is -3.07. The van der Waals surface area contributed by atoms with E-state index in [1.165, 1.54) is 128 Å². The molecule has 9 nitrogen and oxygen atoms in total. The molecule has 0 aromatic heterocycles. The highest BCUT2D eigenvalue weighted by molar-refractivity contribution is 7.45. The summed E-state index contributed by atoms with van der Waals surface area (Å²) in [5.41, 5.74) is 0. The summed E-state index contributed by atoms with van der Waals surface area (Å²) in [6, 6.07) is -0.903. The molecule has 1 N–H and O–H groups in total. The van der Waals surface area contributed by atoms with Crippen LogP contribution in [0.5, 0.6) is 0 Å². The van der Waals surface area contributed by atoms with Crippen LogP contribution in [0, 0.1) is 0 Å². The molecule has 10 heteroatoms. The fraction of sp³-hybridized carbons (Fsp3) is 0.746. The number of unbranched alkanes of at least 4 members (excludes halogenated alkanes) is 30. The molecule has 0 aromatic rings. The molecule has 3 atom stereocenters. The van der Waals surface area contributed by atoms with Crippen LogP contribution in [0.4, 0.5) is 0 Å². The van der Waals surface area contributed by atoms with E-state index in [2.05, 4.69) is 111 Å². The summed E-state index contributed by atoms with van der Waals surface area (Å²) < 4.78 is 30.4.